The monoisotopic (exact) mass is 230 g/mol. The minimum absolute atomic E-state index is 0.113. The summed E-state index contributed by atoms with van der Waals surface area (Å²) in [6.07, 6.45) is 4.00. The fourth-order valence-electron chi connectivity index (χ4n) is 1.39. The van der Waals surface area contributed by atoms with Crippen LogP contribution in [0.1, 0.15) is 18.2 Å². The molecule has 0 amide bonds. The summed E-state index contributed by atoms with van der Waals surface area (Å²) in [6.45, 7) is 1.99. The molecule has 0 aliphatic heterocycles. The van der Waals surface area contributed by atoms with Crippen LogP contribution in [0.15, 0.2) is 36.7 Å². The van der Waals surface area contributed by atoms with E-state index < -0.39 is 0 Å². The van der Waals surface area contributed by atoms with Crippen LogP contribution in [0.2, 0.25) is 0 Å². The standard InChI is InChI=1S/C13H14N2O2/c1-2-10-3-5-12(6-4-10)17-13-8-14-11(9-16)7-15-13/h3-8,16H,2,9H2,1H3. The third kappa shape index (κ3) is 3.01. The summed E-state index contributed by atoms with van der Waals surface area (Å²) in [5.41, 5.74) is 1.79. The molecule has 17 heavy (non-hydrogen) atoms. The lowest BCUT2D eigenvalue weighted by molar-refractivity contribution is 0.276. The number of nitrogens with zero attached hydrogens (tertiary/aromatic N) is 2. The van der Waals surface area contributed by atoms with Crippen molar-refractivity contribution < 1.29 is 9.84 Å². The molecule has 0 saturated carbocycles. The van der Waals surface area contributed by atoms with Gasteiger partial charge in [0.1, 0.15) is 5.75 Å². The predicted molar refractivity (Wildman–Crippen MR) is 63.8 cm³/mol. The van der Waals surface area contributed by atoms with Crippen LogP contribution in [0.3, 0.4) is 0 Å². The Bertz CT molecular complexity index is 420. The summed E-state index contributed by atoms with van der Waals surface area (Å²) in [5.74, 6) is 1.15. The number of hydrogen-bond acceptors (Lipinski definition) is 4. The number of aryl methyl sites for hydroxylation is 1. The van der Waals surface area contributed by atoms with Gasteiger partial charge in [-0.1, -0.05) is 19.1 Å². The highest BCUT2D eigenvalue weighted by Crippen LogP contribution is 2.19. The van der Waals surface area contributed by atoms with Crippen molar-refractivity contribution in [3.8, 4) is 11.6 Å². The number of aliphatic hydroxyl groups excluding tert-OH is 1. The van der Waals surface area contributed by atoms with Gasteiger partial charge in [0, 0.05) is 0 Å². The van der Waals surface area contributed by atoms with E-state index in [2.05, 4.69) is 16.9 Å². The maximum absolute atomic E-state index is 8.83. The molecule has 1 aromatic carbocycles. The third-order valence-electron chi connectivity index (χ3n) is 2.40. The first-order chi connectivity index (χ1) is 8.31. The normalized spacial score (nSPS) is 10.2. The van der Waals surface area contributed by atoms with Gasteiger partial charge in [0.2, 0.25) is 5.88 Å². The molecule has 0 radical (unpaired) electrons. The van der Waals surface area contributed by atoms with Crippen molar-refractivity contribution in [3.63, 3.8) is 0 Å². The molecule has 0 spiro atoms. The summed E-state index contributed by atoms with van der Waals surface area (Å²) >= 11 is 0. The van der Waals surface area contributed by atoms with Gasteiger partial charge in [-0.2, -0.15) is 0 Å². The second kappa shape index (κ2) is 5.41. The summed E-state index contributed by atoms with van der Waals surface area (Å²) < 4.78 is 5.52. The second-order valence-electron chi connectivity index (χ2n) is 3.60. The fraction of sp³-hybridized carbons (Fsp3) is 0.231. The second-order valence-corrected chi connectivity index (χ2v) is 3.60. The van der Waals surface area contributed by atoms with E-state index in [-0.39, 0.29) is 6.61 Å². The first kappa shape index (κ1) is 11.5. The van der Waals surface area contributed by atoms with Crippen LogP contribution in [0.25, 0.3) is 0 Å². The van der Waals surface area contributed by atoms with Crippen molar-refractivity contribution in [3.05, 3.63) is 47.9 Å². The number of rotatable bonds is 4. The molecule has 1 heterocycles. The van der Waals surface area contributed by atoms with E-state index in [0.717, 1.165) is 12.2 Å². The van der Waals surface area contributed by atoms with Gasteiger partial charge in [-0.25, -0.2) is 4.98 Å². The van der Waals surface area contributed by atoms with E-state index in [4.69, 9.17) is 9.84 Å². The molecule has 0 bridgehead atoms. The van der Waals surface area contributed by atoms with Crippen LogP contribution >= 0.6 is 0 Å². The highest BCUT2D eigenvalue weighted by atomic mass is 16.5. The molecule has 2 rings (SSSR count). The SMILES string of the molecule is CCc1ccc(Oc2cnc(CO)cn2)cc1. The van der Waals surface area contributed by atoms with Crippen LogP contribution in [0.4, 0.5) is 0 Å². The number of benzene rings is 1. The van der Waals surface area contributed by atoms with Gasteiger partial charge in [-0.3, -0.25) is 4.98 Å². The molecule has 0 saturated heterocycles. The summed E-state index contributed by atoms with van der Waals surface area (Å²) in [7, 11) is 0. The number of ether oxygens (including phenoxy) is 1. The lowest BCUT2D eigenvalue weighted by Crippen LogP contribution is -1.93. The van der Waals surface area contributed by atoms with E-state index in [9.17, 15) is 0 Å². The van der Waals surface area contributed by atoms with E-state index in [1.807, 2.05) is 24.3 Å². The third-order valence-corrected chi connectivity index (χ3v) is 2.40. The Hall–Kier alpha value is -1.94. The zero-order chi connectivity index (χ0) is 12.1. The van der Waals surface area contributed by atoms with Gasteiger partial charge >= 0.3 is 0 Å². The van der Waals surface area contributed by atoms with Gasteiger partial charge in [0.05, 0.1) is 24.7 Å². The molecule has 0 aliphatic carbocycles. The van der Waals surface area contributed by atoms with E-state index >= 15 is 0 Å². The number of aliphatic hydroxyl groups is 1. The van der Waals surface area contributed by atoms with Gasteiger partial charge in [0.15, 0.2) is 0 Å². The van der Waals surface area contributed by atoms with Crippen LogP contribution in [0.5, 0.6) is 11.6 Å². The van der Waals surface area contributed by atoms with E-state index in [1.165, 1.54) is 18.0 Å². The summed E-state index contributed by atoms with van der Waals surface area (Å²) in [5, 5.41) is 8.83. The molecular formula is C13H14N2O2. The largest absolute Gasteiger partial charge is 0.438 e. The van der Waals surface area contributed by atoms with Crippen molar-refractivity contribution in [2.45, 2.75) is 20.0 Å². The first-order valence-corrected chi connectivity index (χ1v) is 5.50. The Morgan fingerprint density at radius 2 is 1.88 bits per heavy atom. The minimum Gasteiger partial charge on any atom is -0.438 e. The maximum atomic E-state index is 8.83. The Labute approximate surface area is 99.9 Å². The van der Waals surface area contributed by atoms with Gasteiger partial charge in [-0.05, 0) is 24.1 Å². The highest BCUT2D eigenvalue weighted by Gasteiger charge is 2.00. The lowest BCUT2D eigenvalue weighted by Gasteiger charge is -2.05. The highest BCUT2D eigenvalue weighted by molar-refractivity contribution is 5.29. The van der Waals surface area contributed by atoms with Crippen LogP contribution in [0, 0.1) is 0 Å². The molecule has 0 fully saturated rings. The molecule has 1 N–H and O–H groups in total. The molecular weight excluding hydrogens is 216 g/mol. The molecule has 88 valence electrons. The zero-order valence-electron chi connectivity index (χ0n) is 9.63. The topological polar surface area (TPSA) is 55.2 Å². The molecule has 0 aliphatic rings. The predicted octanol–water partition coefficient (Wildman–Crippen LogP) is 2.32. The van der Waals surface area contributed by atoms with Crippen molar-refractivity contribution in [2.24, 2.45) is 0 Å². The van der Waals surface area contributed by atoms with Crippen molar-refractivity contribution in [1.82, 2.24) is 9.97 Å². The van der Waals surface area contributed by atoms with Crippen molar-refractivity contribution in [1.29, 1.82) is 0 Å². The maximum Gasteiger partial charge on any atom is 0.237 e. The van der Waals surface area contributed by atoms with E-state index in [1.54, 1.807) is 0 Å². The van der Waals surface area contributed by atoms with Gasteiger partial charge < -0.3 is 9.84 Å². The van der Waals surface area contributed by atoms with Crippen molar-refractivity contribution in [2.75, 3.05) is 0 Å². The molecule has 2 aromatic rings. The smallest absolute Gasteiger partial charge is 0.237 e. The quantitative estimate of drug-likeness (QED) is 0.875. The van der Waals surface area contributed by atoms with Gasteiger partial charge in [-0.15, -0.1) is 0 Å². The molecule has 4 nitrogen and oxygen atoms in total. The Morgan fingerprint density at radius 1 is 1.12 bits per heavy atom. The number of aromatic nitrogens is 2. The lowest BCUT2D eigenvalue weighted by atomic mass is 10.2. The first-order valence-electron chi connectivity index (χ1n) is 5.50. The number of hydrogen-bond donors (Lipinski definition) is 1. The average Bonchev–Trinajstić information content (AvgIpc) is 2.40. The van der Waals surface area contributed by atoms with Crippen LogP contribution < -0.4 is 4.74 Å². The molecule has 1 aromatic heterocycles. The van der Waals surface area contributed by atoms with Crippen molar-refractivity contribution >= 4 is 0 Å². The fourth-order valence-corrected chi connectivity index (χ4v) is 1.39. The Balaban J connectivity index is 2.08. The van der Waals surface area contributed by atoms with Crippen LogP contribution in [-0.2, 0) is 13.0 Å². The average molecular weight is 230 g/mol. The molecule has 4 heteroatoms. The minimum atomic E-state index is -0.113. The molecule has 0 unspecified atom stereocenters. The van der Waals surface area contributed by atoms with Gasteiger partial charge in [0.25, 0.3) is 0 Å². The van der Waals surface area contributed by atoms with Crippen LogP contribution in [-0.4, -0.2) is 15.1 Å². The summed E-state index contributed by atoms with van der Waals surface area (Å²) in [4.78, 5) is 8.03. The van der Waals surface area contributed by atoms with E-state index in [0.29, 0.717) is 11.6 Å². The Kier molecular flexibility index (Phi) is 3.67. The Morgan fingerprint density at radius 3 is 2.41 bits per heavy atom. The zero-order valence-corrected chi connectivity index (χ0v) is 9.63. The summed E-state index contributed by atoms with van der Waals surface area (Å²) in [6, 6.07) is 7.84. The molecule has 0 atom stereocenters.